The molecule has 7 heteroatoms. The van der Waals surface area contributed by atoms with Gasteiger partial charge in [-0.1, -0.05) is 80.8 Å². The van der Waals surface area contributed by atoms with E-state index >= 15 is 4.39 Å². The van der Waals surface area contributed by atoms with Gasteiger partial charge in [0.2, 0.25) is 0 Å². The molecule has 170 valence electrons. The van der Waals surface area contributed by atoms with E-state index in [1.807, 2.05) is 32.1 Å². The van der Waals surface area contributed by atoms with Crippen molar-refractivity contribution in [3.8, 4) is 0 Å². The Hall–Kier alpha value is -2.15. The van der Waals surface area contributed by atoms with Crippen molar-refractivity contribution in [2.45, 2.75) is 57.7 Å². The molecule has 3 N–H and O–H groups in total. The summed E-state index contributed by atoms with van der Waals surface area (Å²) in [5.41, 5.74) is 8.23. The molecule has 1 aliphatic heterocycles. The average Bonchev–Trinajstić information content (AvgIpc) is 2.96. The zero-order valence-electron chi connectivity index (χ0n) is 19.3. The van der Waals surface area contributed by atoms with Gasteiger partial charge in [0.1, 0.15) is 19.7 Å². The molecule has 3 rings (SSSR count). The Balaban J connectivity index is 2.26. The fraction of sp³-hybridized carbons (Fsp3) is 0.400. The minimum Gasteiger partial charge on any atom is -0.431 e. The molecule has 1 heterocycles. The molecule has 1 aliphatic rings. The largest absolute Gasteiger partial charge is 0.431 e. The number of esters is 1. The second-order valence-electron chi connectivity index (χ2n) is 10.0. The molecule has 0 spiro atoms. The fourth-order valence-electron chi connectivity index (χ4n) is 4.64. The molecule has 1 saturated heterocycles. The van der Waals surface area contributed by atoms with Gasteiger partial charge >= 0.3 is 5.97 Å². The minimum atomic E-state index is -1.09. The number of benzene rings is 2. The summed E-state index contributed by atoms with van der Waals surface area (Å²) in [4.78, 5) is 13.2. The molecule has 32 heavy (non-hydrogen) atoms. The van der Waals surface area contributed by atoms with Crippen molar-refractivity contribution in [2.75, 3.05) is 0 Å². The molecule has 1 fully saturated rings. The van der Waals surface area contributed by atoms with E-state index in [2.05, 4.69) is 32.7 Å². The lowest BCUT2D eigenvalue weighted by Crippen LogP contribution is -2.52. The highest BCUT2D eigenvalue weighted by Crippen LogP contribution is 2.49. The van der Waals surface area contributed by atoms with E-state index in [9.17, 15) is 4.79 Å². The Morgan fingerprint density at radius 1 is 1.28 bits per heavy atom. The molecule has 0 bridgehead atoms. The number of ether oxygens (including phenoxy) is 1. The van der Waals surface area contributed by atoms with Gasteiger partial charge in [0, 0.05) is 12.0 Å². The summed E-state index contributed by atoms with van der Waals surface area (Å²) in [5.74, 6) is -1.60. The molecule has 2 aromatic carbocycles. The molecule has 0 unspecified atom stereocenters. The van der Waals surface area contributed by atoms with Gasteiger partial charge in [-0.3, -0.25) is 5.32 Å². The zero-order valence-corrected chi connectivity index (χ0v) is 20.1. The Morgan fingerprint density at radius 3 is 2.47 bits per heavy atom. The summed E-state index contributed by atoms with van der Waals surface area (Å²) < 4.78 is 20.7. The van der Waals surface area contributed by atoms with Gasteiger partial charge in [0.05, 0.1) is 16.3 Å². The Bertz CT molecular complexity index is 1020. The van der Waals surface area contributed by atoms with Crippen molar-refractivity contribution in [1.29, 1.82) is 0 Å². The van der Waals surface area contributed by atoms with Crippen LogP contribution in [0.4, 0.5) is 4.39 Å². The van der Waals surface area contributed by atoms with Crippen LogP contribution < -0.4 is 16.5 Å². The summed E-state index contributed by atoms with van der Waals surface area (Å²) in [7, 11) is 1.99. The van der Waals surface area contributed by atoms with Gasteiger partial charge in [0.25, 0.3) is 0 Å². The third kappa shape index (κ3) is 4.78. The highest BCUT2D eigenvalue weighted by atomic mass is 35.5. The standard InChI is InChI=1S/C25H31BClFN2O2/c1-14(2)32-23(31)22-20(17-7-6-8-18(27)21(17)28)25(29,15-9-11-16(26)12-10-15)19(30-22)13-24(3,4)5/h6-12,19-20,22,30H,1,13,26,29H2,2-5H3/t19-,20-,22+,25+/m0/s1. The summed E-state index contributed by atoms with van der Waals surface area (Å²) in [6.07, 6.45) is 0.660. The highest BCUT2D eigenvalue weighted by molar-refractivity contribution is 6.32. The monoisotopic (exact) mass is 456 g/mol. The number of nitrogens with two attached hydrogens (primary N) is 1. The van der Waals surface area contributed by atoms with Gasteiger partial charge in [-0.25, -0.2) is 9.18 Å². The number of allylic oxidation sites excluding steroid dienone is 1. The van der Waals surface area contributed by atoms with E-state index in [0.29, 0.717) is 6.42 Å². The molecule has 0 aliphatic carbocycles. The topological polar surface area (TPSA) is 64.3 Å². The summed E-state index contributed by atoms with van der Waals surface area (Å²) in [6.45, 7) is 11.6. The third-order valence-corrected chi connectivity index (χ3v) is 6.31. The molecule has 0 amide bonds. The number of hydrogen-bond donors (Lipinski definition) is 2. The smallest absolute Gasteiger partial charge is 0.328 e. The molecule has 2 aromatic rings. The summed E-state index contributed by atoms with van der Waals surface area (Å²) in [5, 5.41) is 3.39. The van der Waals surface area contributed by atoms with E-state index < -0.39 is 29.3 Å². The predicted molar refractivity (Wildman–Crippen MR) is 130 cm³/mol. The van der Waals surface area contributed by atoms with Gasteiger partial charge in [-0.15, -0.1) is 0 Å². The molecule has 0 aromatic heterocycles. The molecular weight excluding hydrogens is 426 g/mol. The van der Waals surface area contributed by atoms with Crippen molar-refractivity contribution in [3.63, 3.8) is 0 Å². The van der Waals surface area contributed by atoms with E-state index in [0.717, 1.165) is 11.0 Å². The van der Waals surface area contributed by atoms with Crippen LogP contribution in [0, 0.1) is 11.2 Å². The lowest BCUT2D eigenvalue weighted by atomic mass is 9.68. The SMILES string of the molecule is Bc1ccc([C@@]2(N)[C@H](CC(C)(C)C)N[C@@H](C(=O)OC(=C)C)[C@@H]2c2cccc(Cl)c2F)cc1. The first-order chi connectivity index (χ1) is 14.8. The van der Waals surface area contributed by atoms with Crippen LogP contribution in [0.15, 0.2) is 54.8 Å². The predicted octanol–water partition coefficient (Wildman–Crippen LogP) is 3.53. The first-order valence-corrected chi connectivity index (χ1v) is 11.2. The lowest BCUT2D eigenvalue weighted by molar-refractivity contribution is -0.142. The van der Waals surface area contributed by atoms with Gasteiger partial charge in [-0.05, 0) is 36.0 Å². The van der Waals surface area contributed by atoms with Crippen LogP contribution in [0.25, 0.3) is 0 Å². The maximum absolute atomic E-state index is 15.4. The first-order valence-electron chi connectivity index (χ1n) is 10.8. The van der Waals surface area contributed by atoms with Crippen molar-refractivity contribution in [2.24, 2.45) is 11.1 Å². The van der Waals surface area contributed by atoms with Gasteiger partial charge in [-0.2, -0.15) is 0 Å². The third-order valence-electron chi connectivity index (χ3n) is 6.02. The van der Waals surface area contributed by atoms with Crippen molar-refractivity contribution in [1.82, 2.24) is 5.32 Å². The average molecular weight is 457 g/mol. The van der Waals surface area contributed by atoms with Crippen LogP contribution in [-0.4, -0.2) is 25.9 Å². The number of hydrogen-bond acceptors (Lipinski definition) is 4. The van der Waals surface area contributed by atoms with Crippen LogP contribution >= 0.6 is 11.6 Å². The normalized spacial score (nSPS) is 25.5. The first kappa shape index (κ1) is 24.5. The van der Waals surface area contributed by atoms with Crippen LogP contribution in [0.5, 0.6) is 0 Å². The molecule has 4 atom stereocenters. The summed E-state index contributed by atoms with van der Waals surface area (Å²) >= 11 is 6.14. The van der Waals surface area contributed by atoms with Crippen molar-refractivity contribution >= 4 is 30.9 Å². The van der Waals surface area contributed by atoms with Crippen LogP contribution in [-0.2, 0) is 15.1 Å². The maximum Gasteiger partial charge on any atom is 0.328 e. The van der Waals surface area contributed by atoms with Gasteiger partial charge in [0.15, 0.2) is 0 Å². The van der Waals surface area contributed by atoms with E-state index in [1.54, 1.807) is 19.1 Å². The maximum atomic E-state index is 15.4. The number of carbonyl (C=O) groups is 1. The Morgan fingerprint density at radius 2 is 1.91 bits per heavy atom. The Labute approximate surface area is 195 Å². The van der Waals surface area contributed by atoms with Crippen molar-refractivity contribution in [3.05, 3.63) is 76.8 Å². The number of rotatable bonds is 5. The number of nitrogens with one attached hydrogen (secondary N) is 1. The van der Waals surface area contributed by atoms with Gasteiger partial charge < -0.3 is 10.5 Å². The summed E-state index contributed by atoms with van der Waals surface area (Å²) in [6, 6.07) is 11.5. The Kier molecular flexibility index (Phi) is 6.90. The lowest BCUT2D eigenvalue weighted by Gasteiger charge is -2.39. The zero-order chi connectivity index (χ0) is 23.8. The number of halogens is 2. The van der Waals surface area contributed by atoms with Crippen LogP contribution in [0.2, 0.25) is 5.02 Å². The molecule has 0 saturated carbocycles. The van der Waals surface area contributed by atoms with Crippen molar-refractivity contribution < 1.29 is 13.9 Å². The van der Waals surface area contributed by atoms with Crippen LogP contribution in [0.3, 0.4) is 0 Å². The fourth-order valence-corrected chi connectivity index (χ4v) is 4.83. The second kappa shape index (κ2) is 9.01. The number of carbonyl (C=O) groups excluding carboxylic acids is 1. The molecule has 4 nitrogen and oxygen atoms in total. The van der Waals surface area contributed by atoms with E-state index in [1.165, 1.54) is 6.07 Å². The molecular formula is C25H31BClFN2O2. The quantitative estimate of drug-likeness (QED) is 0.410. The minimum absolute atomic E-state index is 0.0138. The second-order valence-corrected chi connectivity index (χ2v) is 10.4. The van der Waals surface area contributed by atoms with E-state index in [4.69, 9.17) is 22.1 Å². The van der Waals surface area contributed by atoms with E-state index in [-0.39, 0.29) is 27.8 Å². The van der Waals surface area contributed by atoms with Crippen LogP contribution in [0.1, 0.15) is 51.2 Å². The molecule has 0 radical (unpaired) electrons. The highest BCUT2D eigenvalue weighted by Gasteiger charge is 2.58.